The molecule has 0 radical (unpaired) electrons. The van der Waals surface area contributed by atoms with Gasteiger partial charge in [-0.05, 0) is 42.2 Å². The van der Waals surface area contributed by atoms with Gasteiger partial charge in [-0.25, -0.2) is 4.98 Å². The average Bonchev–Trinajstić information content (AvgIpc) is 3.25. The van der Waals surface area contributed by atoms with Gasteiger partial charge in [0.15, 0.2) is 0 Å². The Balaban J connectivity index is 1.61. The Hall–Kier alpha value is -2.67. The van der Waals surface area contributed by atoms with E-state index >= 15 is 0 Å². The molecule has 0 saturated carbocycles. The van der Waals surface area contributed by atoms with Crippen LogP contribution in [0.5, 0.6) is 0 Å². The summed E-state index contributed by atoms with van der Waals surface area (Å²) in [6.45, 7) is 6.89. The molecule has 0 bridgehead atoms. The third-order valence-corrected chi connectivity index (χ3v) is 6.72. The number of benzene rings is 1. The molecule has 0 unspecified atom stereocenters. The second kappa shape index (κ2) is 9.64. The Morgan fingerprint density at radius 1 is 1.26 bits per heavy atom. The molecule has 31 heavy (non-hydrogen) atoms. The summed E-state index contributed by atoms with van der Waals surface area (Å²) >= 11 is 1.43. The zero-order valence-corrected chi connectivity index (χ0v) is 19.0. The number of anilines is 1. The van der Waals surface area contributed by atoms with Crippen LogP contribution in [0.25, 0.3) is 10.2 Å². The summed E-state index contributed by atoms with van der Waals surface area (Å²) < 4.78 is 2.45. The first-order valence-electron chi connectivity index (χ1n) is 11.1. The lowest BCUT2D eigenvalue weighted by atomic mass is 9.97. The highest BCUT2D eigenvalue weighted by Gasteiger charge is 2.28. The summed E-state index contributed by atoms with van der Waals surface area (Å²) in [4.78, 5) is 33.0. The van der Waals surface area contributed by atoms with E-state index < -0.39 is 0 Å². The Morgan fingerprint density at radius 3 is 2.84 bits per heavy atom. The number of fused-ring (bicyclic) bond motifs is 1. The van der Waals surface area contributed by atoms with Crippen LogP contribution in [-0.2, 0) is 11.3 Å². The molecule has 7 heteroatoms. The van der Waals surface area contributed by atoms with Gasteiger partial charge in [-0.15, -0.1) is 11.3 Å². The van der Waals surface area contributed by atoms with Gasteiger partial charge in [-0.2, -0.15) is 0 Å². The van der Waals surface area contributed by atoms with Gasteiger partial charge in [0.05, 0.1) is 18.0 Å². The van der Waals surface area contributed by atoms with Crippen molar-refractivity contribution in [3.8, 4) is 0 Å². The molecule has 3 aromatic rings. The van der Waals surface area contributed by atoms with Crippen LogP contribution in [-0.4, -0.2) is 35.1 Å². The summed E-state index contributed by atoms with van der Waals surface area (Å²) in [5.41, 5.74) is 1.78. The highest BCUT2D eigenvalue weighted by atomic mass is 32.1. The van der Waals surface area contributed by atoms with Crippen LogP contribution in [0.1, 0.15) is 38.7 Å². The van der Waals surface area contributed by atoms with E-state index in [-0.39, 0.29) is 17.4 Å². The summed E-state index contributed by atoms with van der Waals surface area (Å²) in [5.74, 6) is 1.26. The molecular weight excluding hydrogens is 408 g/mol. The molecule has 0 aliphatic carbocycles. The van der Waals surface area contributed by atoms with Gasteiger partial charge in [0.25, 0.3) is 5.56 Å². The van der Waals surface area contributed by atoms with E-state index in [0.29, 0.717) is 36.2 Å². The molecule has 1 aliphatic heterocycles. The van der Waals surface area contributed by atoms with Gasteiger partial charge in [0.2, 0.25) is 11.9 Å². The number of hydrogen-bond acceptors (Lipinski definition) is 5. The molecule has 164 valence electrons. The Bertz CT molecular complexity index is 1090. The van der Waals surface area contributed by atoms with Crippen LogP contribution in [0.3, 0.4) is 0 Å². The van der Waals surface area contributed by atoms with E-state index in [9.17, 15) is 9.59 Å². The number of carbonyl (C=O) groups excluding carboxylic acids is 1. The van der Waals surface area contributed by atoms with Crippen molar-refractivity contribution < 1.29 is 4.79 Å². The van der Waals surface area contributed by atoms with Crippen molar-refractivity contribution in [3.05, 3.63) is 57.7 Å². The first-order chi connectivity index (χ1) is 15.0. The highest BCUT2D eigenvalue weighted by Crippen LogP contribution is 2.25. The van der Waals surface area contributed by atoms with E-state index in [0.717, 1.165) is 36.9 Å². The van der Waals surface area contributed by atoms with E-state index in [1.54, 1.807) is 4.57 Å². The van der Waals surface area contributed by atoms with Crippen LogP contribution in [0.15, 0.2) is 46.6 Å². The van der Waals surface area contributed by atoms with Crippen molar-refractivity contribution in [2.75, 3.05) is 24.5 Å². The van der Waals surface area contributed by atoms with E-state index in [1.807, 2.05) is 41.8 Å². The first-order valence-corrected chi connectivity index (χ1v) is 12.0. The molecule has 1 aliphatic rings. The summed E-state index contributed by atoms with van der Waals surface area (Å²) in [5, 5.41) is 5.01. The number of thiophene rings is 1. The summed E-state index contributed by atoms with van der Waals surface area (Å²) in [6, 6.07) is 11.9. The highest BCUT2D eigenvalue weighted by molar-refractivity contribution is 7.17. The summed E-state index contributed by atoms with van der Waals surface area (Å²) in [7, 11) is 0. The fraction of sp³-hybridized carbons (Fsp3) is 0.458. The Kier molecular flexibility index (Phi) is 6.70. The maximum Gasteiger partial charge on any atom is 0.273 e. The van der Waals surface area contributed by atoms with Gasteiger partial charge < -0.3 is 10.2 Å². The van der Waals surface area contributed by atoms with Crippen molar-refractivity contribution in [1.82, 2.24) is 14.9 Å². The lowest BCUT2D eigenvalue weighted by Crippen LogP contribution is -2.45. The van der Waals surface area contributed by atoms with Crippen LogP contribution < -0.4 is 15.8 Å². The molecule has 1 saturated heterocycles. The second-order valence-electron chi connectivity index (χ2n) is 8.68. The van der Waals surface area contributed by atoms with Crippen molar-refractivity contribution >= 4 is 33.4 Å². The van der Waals surface area contributed by atoms with Crippen molar-refractivity contribution in [3.63, 3.8) is 0 Å². The number of rotatable bonds is 7. The third-order valence-electron chi connectivity index (χ3n) is 5.83. The molecule has 1 atom stereocenters. The molecule has 1 N–H and O–H groups in total. The van der Waals surface area contributed by atoms with E-state index in [2.05, 4.69) is 24.1 Å². The smallest absolute Gasteiger partial charge is 0.273 e. The minimum Gasteiger partial charge on any atom is -0.356 e. The van der Waals surface area contributed by atoms with Crippen molar-refractivity contribution in [2.45, 2.75) is 39.7 Å². The first kappa shape index (κ1) is 21.6. The lowest BCUT2D eigenvalue weighted by Gasteiger charge is -2.34. The maximum atomic E-state index is 13.3. The minimum absolute atomic E-state index is 0.0117. The molecule has 1 fully saturated rings. The lowest BCUT2D eigenvalue weighted by molar-refractivity contribution is -0.125. The Morgan fingerprint density at radius 2 is 2.06 bits per heavy atom. The van der Waals surface area contributed by atoms with E-state index in [1.165, 1.54) is 11.3 Å². The fourth-order valence-electron chi connectivity index (χ4n) is 4.08. The summed E-state index contributed by atoms with van der Waals surface area (Å²) in [6.07, 6.45) is 2.76. The van der Waals surface area contributed by atoms with Crippen LogP contribution in [0, 0.1) is 11.8 Å². The van der Waals surface area contributed by atoms with Gasteiger partial charge in [-0.1, -0.05) is 44.2 Å². The zero-order chi connectivity index (χ0) is 21.8. The largest absolute Gasteiger partial charge is 0.356 e. The number of nitrogens with one attached hydrogen (secondary N) is 1. The number of amides is 1. The van der Waals surface area contributed by atoms with Gasteiger partial charge in [0, 0.05) is 19.6 Å². The normalized spacial score (nSPS) is 16.7. The number of carbonyl (C=O) groups is 1. The quantitative estimate of drug-likeness (QED) is 0.608. The molecule has 3 heterocycles. The molecule has 2 aromatic heterocycles. The zero-order valence-electron chi connectivity index (χ0n) is 18.2. The van der Waals surface area contributed by atoms with Gasteiger partial charge in [0.1, 0.15) is 4.70 Å². The fourth-order valence-corrected chi connectivity index (χ4v) is 4.86. The molecule has 1 aromatic carbocycles. The minimum atomic E-state index is -0.0823. The molecule has 6 nitrogen and oxygen atoms in total. The standard InChI is InChI=1S/C24H30N4O2S/c1-17(2)10-12-25-22(29)19-9-6-13-27(16-19)24-26-20-11-14-31-21(20)23(30)28(24)15-18-7-4-3-5-8-18/h3-5,7-8,11,14,17,19H,6,9-10,12-13,15-16H2,1-2H3,(H,25,29)/t19-/m0/s1. The number of nitrogens with zero attached hydrogens (tertiary/aromatic N) is 3. The van der Waals surface area contributed by atoms with Crippen LogP contribution in [0.2, 0.25) is 0 Å². The SMILES string of the molecule is CC(C)CCNC(=O)[C@H]1CCCN(c2nc3ccsc3c(=O)n2Cc2ccccc2)C1. The molecular formula is C24H30N4O2S. The number of piperidine rings is 1. The van der Waals surface area contributed by atoms with Gasteiger partial charge in [-0.3, -0.25) is 14.2 Å². The monoisotopic (exact) mass is 438 g/mol. The van der Waals surface area contributed by atoms with Crippen LogP contribution in [0.4, 0.5) is 5.95 Å². The predicted octanol–water partition coefficient (Wildman–Crippen LogP) is 3.89. The maximum absolute atomic E-state index is 13.3. The molecule has 1 amide bonds. The average molecular weight is 439 g/mol. The molecule has 0 spiro atoms. The van der Waals surface area contributed by atoms with Crippen LogP contribution >= 0.6 is 11.3 Å². The van der Waals surface area contributed by atoms with Crippen molar-refractivity contribution in [1.29, 1.82) is 0 Å². The molecule has 4 rings (SSSR count). The predicted molar refractivity (Wildman–Crippen MR) is 127 cm³/mol. The second-order valence-corrected chi connectivity index (χ2v) is 9.60. The Labute approximate surface area is 186 Å². The van der Waals surface area contributed by atoms with E-state index in [4.69, 9.17) is 4.98 Å². The third kappa shape index (κ3) is 4.98. The topological polar surface area (TPSA) is 67.2 Å². The number of aromatic nitrogens is 2. The van der Waals surface area contributed by atoms with Gasteiger partial charge >= 0.3 is 0 Å². The number of hydrogen-bond donors (Lipinski definition) is 1. The van der Waals surface area contributed by atoms with Crippen molar-refractivity contribution in [2.24, 2.45) is 11.8 Å².